The zero-order valence-electron chi connectivity index (χ0n) is 17.1. The second-order valence-electron chi connectivity index (χ2n) is 8.00. The van der Waals surface area contributed by atoms with Crippen LogP contribution < -0.4 is 9.47 Å². The van der Waals surface area contributed by atoms with Crippen LogP contribution in [0.4, 0.5) is 0 Å². The molecule has 2 saturated carbocycles. The summed E-state index contributed by atoms with van der Waals surface area (Å²) < 4.78 is 18.5. The molecular formula is C23H31IO4. The van der Waals surface area contributed by atoms with E-state index in [0.717, 1.165) is 40.2 Å². The van der Waals surface area contributed by atoms with E-state index in [1.165, 1.54) is 12.8 Å². The van der Waals surface area contributed by atoms with E-state index in [-0.39, 0.29) is 18.2 Å². The number of fused-ring (bicyclic) bond motifs is 1. The highest BCUT2D eigenvalue weighted by Crippen LogP contribution is 2.58. The molecule has 1 aromatic carbocycles. The second-order valence-corrected chi connectivity index (χ2v) is 9.16. The van der Waals surface area contributed by atoms with Gasteiger partial charge in [-0.15, -0.1) is 0 Å². The molecule has 0 aromatic heterocycles. The third-order valence-corrected chi connectivity index (χ3v) is 7.05. The summed E-state index contributed by atoms with van der Waals surface area (Å²) in [6.07, 6.45) is 7.11. The predicted molar refractivity (Wildman–Crippen MR) is 120 cm³/mol. The molecule has 2 fully saturated rings. The van der Waals surface area contributed by atoms with Crippen LogP contribution in [-0.2, 0) is 9.53 Å². The van der Waals surface area contributed by atoms with E-state index in [1.54, 1.807) is 6.08 Å². The number of rotatable bonds is 9. The molecule has 3 rings (SSSR count). The lowest BCUT2D eigenvalue weighted by molar-refractivity contribution is -0.168. The van der Waals surface area contributed by atoms with Crippen LogP contribution >= 0.6 is 22.6 Å². The SMILES string of the molecule is C=Cc1cc(I)c(OCC(=O)OC2(CC)CC(CC)C3CC3C2)c(OCC)c1. The van der Waals surface area contributed by atoms with E-state index < -0.39 is 0 Å². The van der Waals surface area contributed by atoms with E-state index >= 15 is 0 Å². The van der Waals surface area contributed by atoms with Crippen molar-refractivity contribution in [1.82, 2.24) is 0 Å². The van der Waals surface area contributed by atoms with Gasteiger partial charge >= 0.3 is 5.97 Å². The maximum absolute atomic E-state index is 12.7. The number of benzene rings is 1. The van der Waals surface area contributed by atoms with Crippen molar-refractivity contribution < 1.29 is 19.0 Å². The summed E-state index contributed by atoms with van der Waals surface area (Å²) in [6, 6.07) is 3.84. The summed E-state index contributed by atoms with van der Waals surface area (Å²) in [5.74, 6) is 3.22. The smallest absolute Gasteiger partial charge is 0.344 e. The van der Waals surface area contributed by atoms with Gasteiger partial charge in [0.15, 0.2) is 18.1 Å². The normalized spacial score (nSPS) is 28.2. The molecule has 0 saturated heterocycles. The molecule has 0 heterocycles. The quantitative estimate of drug-likeness (QED) is 0.316. The zero-order chi connectivity index (χ0) is 20.3. The Balaban J connectivity index is 1.66. The van der Waals surface area contributed by atoms with Crippen LogP contribution in [0.5, 0.6) is 11.5 Å². The lowest BCUT2D eigenvalue weighted by atomic mass is 9.75. The van der Waals surface area contributed by atoms with Gasteiger partial charge in [-0.2, -0.15) is 0 Å². The molecular weight excluding hydrogens is 467 g/mol. The van der Waals surface area contributed by atoms with Gasteiger partial charge in [-0.1, -0.05) is 32.9 Å². The Bertz CT molecular complexity index is 732. The number of ether oxygens (including phenoxy) is 3. The molecule has 0 spiro atoms. The van der Waals surface area contributed by atoms with Crippen molar-refractivity contribution in [1.29, 1.82) is 0 Å². The van der Waals surface area contributed by atoms with Crippen LogP contribution in [0.1, 0.15) is 58.4 Å². The van der Waals surface area contributed by atoms with Crippen molar-refractivity contribution >= 4 is 34.6 Å². The van der Waals surface area contributed by atoms with Crippen molar-refractivity contribution in [2.75, 3.05) is 13.2 Å². The van der Waals surface area contributed by atoms with Gasteiger partial charge in [0.05, 0.1) is 10.2 Å². The van der Waals surface area contributed by atoms with Gasteiger partial charge in [0.1, 0.15) is 5.60 Å². The minimum atomic E-state index is -0.318. The Morgan fingerprint density at radius 2 is 2.07 bits per heavy atom. The predicted octanol–water partition coefficient (Wildman–Crippen LogP) is 5.86. The number of hydrogen-bond donors (Lipinski definition) is 0. The third kappa shape index (κ3) is 4.66. The molecule has 28 heavy (non-hydrogen) atoms. The van der Waals surface area contributed by atoms with E-state index in [1.807, 2.05) is 19.1 Å². The monoisotopic (exact) mass is 498 g/mol. The average Bonchev–Trinajstić information content (AvgIpc) is 3.45. The van der Waals surface area contributed by atoms with Crippen molar-refractivity contribution in [2.45, 2.75) is 58.5 Å². The first-order valence-electron chi connectivity index (χ1n) is 10.4. The van der Waals surface area contributed by atoms with Crippen LogP contribution in [-0.4, -0.2) is 24.8 Å². The summed E-state index contributed by atoms with van der Waals surface area (Å²) >= 11 is 2.20. The lowest BCUT2D eigenvalue weighted by Gasteiger charge is -2.39. The van der Waals surface area contributed by atoms with Gasteiger partial charge in [-0.25, -0.2) is 4.79 Å². The fourth-order valence-corrected chi connectivity index (χ4v) is 5.46. The summed E-state index contributed by atoms with van der Waals surface area (Å²) in [5.41, 5.74) is 0.640. The number of carbonyl (C=O) groups excluding carboxylic acids is 1. The van der Waals surface area contributed by atoms with Crippen molar-refractivity contribution in [2.24, 2.45) is 17.8 Å². The first kappa shape index (κ1) is 21.5. The summed E-state index contributed by atoms with van der Waals surface area (Å²) in [7, 11) is 0. The molecule has 4 unspecified atom stereocenters. The molecule has 154 valence electrons. The maximum atomic E-state index is 12.7. The molecule has 5 heteroatoms. The summed E-state index contributed by atoms with van der Waals surface area (Å²) in [4.78, 5) is 12.7. The topological polar surface area (TPSA) is 44.8 Å². The van der Waals surface area contributed by atoms with Crippen LogP contribution in [0.25, 0.3) is 6.08 Å². The van der Waals surface area contributed by atoms with Gasteiger partial charge in [0.2, 0.25) is 0 Å². The molecule has 0 aliphatic heterocycles. The average molecular weight is 498 g/mol. The maximum Gasteiger partial charge on any atom is 0.344 e. The first-order chi connectivity index (χ1) is 13.4. The standard InChI is InChI=1S/C23H31IO4/c1-5-15-9-19(24)22(20(10-15)26-8-4)27-14-21(25)28-23(7-3)12-16(6-2)18-11-17(18)13-23/h5,9-10,16-18H,1,6-8,11-14H2,2-4H3. The largest absolute Gasteiger partial charge is 0.490 e. The van der Waals surface area contributed by atoms with Crippen LogP contribution in [0.2, 0.25) is 0 Å². The highest BCUT2D eigenvalue weighted by atomic mass is 127. The number of halogens is 1. The molecule has 0 radical (unpaired) electrons. The molecule has 0 amide bonds. The minimum absolute atomic E-state index is 0.101. The zero-order valence-corrected chi connectivity index (χ0v) is 19.3. The lowest BCUT2D eigenvalue weighted by Crippen LogP contribution is -2.41. The minimum Gasteiger partial charge on any atom is -0.490 e. The molecule has 2 aliphatic carbocycles. The van der Waals surface area contributed by atoms with Crippen molar-refractivity contribution in [3.8, 4) is 11.5 Å². The molecule has 4 nitrogen and oxygen atoms in total. The Hall–Kier alpha value is -1.24. The highest BCUT2D eigenvalue weighted by Gasteiger charge is 2.54. The number of carbonyl (C=O) groups is 1. The number of esters is 1. The highest BCUT2D eigenvalue weighted by molar-refractivity contribution is 14.1. The fourth-order valence-electron chi connectivity index (χ4n) is 4.68. The van der Waals surface area contributed by atoms with E-state index in [2.05, 4.69) is 43.0 Å². The Kier molecular flexibility index (Phi) is 6.94. The fraction of sp³-hybridized carbons (Fsp3) is 0.609. The molecule has 0 N–H and O–H groups in total. The van der Waals surface area contributed by atoms with Crippen molar-refractivity contribution in [3.05, 3.63) is 27.8 Å². The Morgan fingerprint density at radius 3 is 2.71 bits per heavy atom. The summed E-state index contributed by atoms with van der Waals surface area (Å²) in [6.45, 7) is 10.5. The van der Waals surface area contributed by atoms with E-state index in [4.69, 9.17) is 14.2 Å². The van der Waals surface area contributed by atoms with Crippen LogP contribution in [0.3, 0.4) is 0 Å². The van der Waals surface area contributed by atoms with E-state index in [0.29, 0.717) is 24.0 Å². The first-order valence-corrected chi connectivity index (χ1v) is 11.5. The van der Waals surface area contributed by atoms with Gasteiger partial charge in [-0.05, 0) is 90.6 Å². The molecule has 1 aromatic rings. The van der Waals surface area contributed by atoms with Crippen LogP contribution in [0.15, 0.2) is 18.7 Å². The Labute approximate surface area is 182 Å². The number of hydrogen-bond acceptors (Lipinski definition) is 4. The molecule has 4 atom stereocenters. The van der Waals surface area contributed by atoms with Gasteiger partial charge < -0.3 is 14.2 Å². The molecule has 0 bridgehead atoms. The van der Waals surface area contributed by atoms with Gasteiger partial charge in [0, 0.05) is 0 Å². The van der Waals surface area contributed by atoms with Crippen LogP contribution in [0, 0.1) is 21.3 Å². The second kappa shape index (κ2) is 9.06. The third-order valence-electron chi connectivity index (χ3n) is 6.25. The molecule has 2 aliphatic rings. The Morgan fingerprint density at radius 1 is 1.29 bits per heavy atom. The van der Waals surface area contributed by atoms with Crippen molar-refractivity contribution in [3.63, 3.8) is 0 Å². The van der Waals surface area contributed by atoms with Gasteiger partial charge in [-0.3, -0.25) is 0 Å². The summed E-state index contributed by atoms with van der Waals surface area (Å²) in [5, 5.41) is 0. The van der Waals surface area contributed by atoms with E-state index in [9.17, 15) is 4.79 Å². The van der Waals surface area contributed by atoms with Gasteiger partial charge in [0.25, 0.3) is 0 Å².